The van der Waals surface area contributed by atoms with E-state index in [1.54, 1.807) is 17.9 Å². The molecule has 2 rings (SSSR count). The molecule has 0 aliphatic carbocycles. The molecule has 0 saturated carbocycles. The van der Waals surface area contributed by atoms with Crippen molar-refractivity contribution in [3.8, 4) is 0 Å². The lowest BCUT2D eigenvalue weighted by Gasteiger charge is -2.39. The summed E-state index contributed by atoms with van der Waals surface area (Å²) < 4.78 is 2.41. The van der Waals surface area contributed by atoms with Crippen LogP contribution in [0.4, 0.5) is 0 Å². The van der Waals surface area contributed by atoms with Crippen molar-refractivity contribution in [2.24, 2.45) is 7.05 Å². The molecule has 0 aromatic carbocycles. The van der Waals surface area contributed by atoms with E-state index in [9.17, 15) is 4.79 Å². The van der Waals surface area contributed by atoms with Gasteiger partial charge >= 0.3 is 0 Å². The molecule has 0 N–H and O–H groups in total. The van der Waals surface area contributed by atoms with Crippen molar-refractivity contribution >= 4 is 21.8 Å². The average molecular weight is 300 g/mol. The maximum atomic E-state index is 12.6. The summed E-state index contributed by atoms with van der Waals surface area (Å²) in [6.07, 6.45) is 5.06. The average Bonchev–Trinajstić information content (AvgIpc) is 2.58. The maximum absolute atomic E-state index is 12.6. The zero-order valence-electron chi connectivity index (χ0n) is 10.5. The standard InChI is InChI=1S/C12H18BrN3O/c1-8-5-4-6-9(2)16(8)12(17)11-10(13)7-14-15(11)3/h7-9H,4-6H2,1-3H3/t8-,9+. The minimum atomic E-state index is 0.0802. The van der Waals surface area contributed by atoms with E-state index in [0.29, 0.717) is 17.8 Å². The fraction of sp³-hybridized carbons (Fsp3) is 0.667. The monoisotopic (exact) mass is 299 g/mol. The Morgan fingerprint density at radius 3 is 2.47 bits per heavy atom. The number of carbonyl (C=O) groups is 1. The van der Waals surface area contributed by atoms with Crippen LogP contribution in [-0.4, -0.2) is 32.7 Å². The van der Waals surface area contributed by atoms with Gasteiger partial charge in [-0.1, -0.05) is 0 Å². The molecule has 2 atom stereocenters. The van der Waals surface area contributed by atoms with Gasteiger partial charge < -0.3 is 4.90 Å². The molecular formula is C12H18BrN3O. The van der Waals surface area contributed by atoms with Crippen LogP contribution < -0.4 is 0 Å². The Hall–Kier alpha value is -0.840. The van der Waals surface area contributed by atoms with E-state index in [2.05, 4.69) is 34.9 Å². The Balaban J connectivity index is 2.30. The van der Waals surface area contributed by atoms with Crippen LogP contribution in [0.3, 0.4) is 0 Å². The predicted octanol–water partition coefficient (Wildman–Crippen LogP) is 2.59. The van der Waals surface area contributed by atoms with Crippen LogP contribution in [0.5, 0.6) is 0 Å². The number of hydrogen-bond donors (Lipinski definition) is 0. The van der Waals surface area contributed by atoms with Gasteiger partial charge in [0.1, 0.15) is 5.69 Å². The highest BCUT2D eigenvalue weighted by Crippen LogP contribution is 2.26. The van der Waals surface area contributed by atoms with Crippen molar-refractivity contribution in [2.75, 3.05) is 0 Å². The molecule has 1 amide bonds. The summed E-state index contributed by atoms with van der Waals surface area (Å²) in [7, 11) is 1.80. The zero-order valence-corrected chi connectivity index (χ0v) is 12.1. The van der Waals surface area contributed by atoms with E-state index in [4.69, 9.17) is 0 Å². The van der Waals surface area contributed by atoms with Gasteiger partial charge in [0.2, 0.25) is 0 Å². The van der Waals surface area contributed by atoms with E-state index in [0.717, 1.165) is 17.3 Å². The molecule has 1 saturated heterocycles. The molecule has 1 aromatic heterocycles. The van der Waals surface area contributed by atoms with Crippen LogP contribution in [0, 0.1) is 0 Å². The first-order chi connectivity index (χ1) is 8.02. The number of hydrogen-bond acceptors (Lipinski definition) is 2. The molecule has 94 valence electrons. The summed E-state index contributed by atoms with van der Waals surface area (Å²) in [5.41, 5.74) is 0.644. The molecule has 0 spiro atoms. The molecule has 0 unspecified atom stereocenters. The lowest BCUT2D eigenvalue weighted by atomic mass is 9.97. The minimum Gasteiger partial charge on any atom is -0.332 e. The van der Waals surface area contributed by atoms with Crippen LogP contribution in [-0.2, 0) is 7.05 Å². The summed E-state index contributed by atoms with van der Waals surface area (Å²) in [5, 5.41) is 4.10. The largest absolute Gasteiger partial charge is 0.332 e. The molecule has 1 fully saturated rings. The highest BCUT2D eigenvalue weighted by atomic mass is 79.9. The van der Waals surface area contributed by atoms with Crippen molar-refractivity contribution in [2.45, 2.75) is 45.2 Å². The van der Waals surface area contributed by atoms with Crippen LogP contribution in [0.1, 0.15) is 43.6 Å². The van der Waals surface area contributed by atoms with E-state index in [1.165, 1.54) is 6.42 Å². The first-order valence-corrected chi connectivity index (χ1v) is 6.82. The van der Waals surface area contributed by atoms with Gasteiger partial charge in [-0.2, -0.15) is 5.10 Å². The number of rotatable bonds is 1. The molecule has 4 nitrogen and oxygen atoms in total. The van der Waals surface area contributed by atoms with Gasteiger partial charge in [-0.25, -0.2) is 0 Å². The Labute approximate surface area is 110 Å². The van der Waals surface area contributed by atoms with E-state index in [1.807, 2.05) is 4.90 Å². The topological polar surface area (TPSA) is 38.1 Å². The highest BCUT2D eigenvalue weighted by molar-refractivity contribution is 9.10. The Morgan fingerprint density at radius 2 is 2.00 bits per heavy atom. The number of carbonyl (C=O) groups excluding carboxylic acids is 1. The van der Waals surface area contributed by atoms with Crippen molar-refractivity contribution in [1.29, 1.82) is 0 Å². The third kappa shape index (κ3) is 2.25. The number of aromatic nitrogens is 2. The lowest BCUT2D eigenvalue weighted by molar-refractivity contribution is 0.0498. The van der Waals surface area contributed by atoms with Gasteiger partial charge in [-0.15, -0.1) is 0 Å². The van der Waals surface area contributed by atoms with Crippen LogP contribution >= 0.6 is 15.9 Å². The molecule has 0 bridgehead atoms. The summed E-state index contributed by atoms with van der Waals surface area (Å²) in [4.78, 5) is 14.5. The second kappa shape index (κ2) is 4.80. The molecule has 1 aliphatic rings. The Kier molecular flexibility index (Phi) is 3.56. The van der Waals surface area contributed by atoms with E-state index >= 15 is 0 Å². The summed E-state index contributed by atoms with van der Waals surface area (Å²) in [5.74, 6) is 0.0802. The molecule has 2 heterocycles. The quantitative estimate of drug-likeness (QED) is 0.799. The third-order valence-corrected chi connectivity index (χ3v) is 4.11. The number of halogens is 1. The first kappa shape index (κ1) is 12.6. The van der Waals surface area contributed by atoms with Crippen LogP contribution in [0.15, 0.2) is 10.7 Å². The molecule has 5 heteroatoms. The number of aryl methyl sites for hydroxylation is 1. The lowest BCUT2D eigenvalue weighted by Crippen LogP contribution is -2.48. The van der Waals surface area contributed by atoms with Gasteiger partial charge in [0.25, 0.3) is 5.91 Å². The summed E-state index contributed by atoms with van der Waals surface area (Å²) in [6.45, 7) is 4.25. The Bertz CT molecular complexity index is 400. The van der Waals surface area contributed by atoms with Crippen LogP contribution in [0.2, 0.25) is 0 Å². The smallest absolute Gasteiger partial charge is 0.273 e. The van der Waals surface area contributed by atoms with Gasteiger partial charge in [0.05, 0.1) is 10.7 Å². The fourth-order valence-corrected chi connectivity index (χ4v) is 3.11. The number of amides is 1. The van der Waals surface area contributed by atoms with Gasteiger partial charge in [-0.3, -0.25) is 9.48 Å². The van der Waals surface area contributed by atoms with Gasteiger partial charge in [0, 0.05) is 19.1 Å². The minimum absolute atomic E-state index is 0.0802. The Morgan fingerprint density at radius 1 is 1.41 bits per heavy atom. The van der Waals surface area contributed by atoms with E-state index < -0.39 is 0 Å². The fourth-order valence-electron chi connectivity index (χ4n) is 2.60. The predicted molar refractivity (Wildman–Crippen MR) is 69.9 cm³/mol. The van der Waals surface area contributed by atoms with Gasteiger partial charge in [-0.05, 0) is 49.0 Å². The molecular weight excluding hydrogens is 282 g/mol. The number of piperidine rings is 1. The van der Waals surface area contributed by atoms with Crippen molar-refractivity contribution < 1.29 is 4.79 Å². The van der Waals surface area contributed by atoms with E-state index in [-0.39, 0.29) is 5.91 Å². The van der Waals surface area contributed by atoms with Gasteiger partial charge in [0.15, 0.2) is 0 Å². The normalized spacial score (nSPS) is 25.1. The zero-order chi connectivity index (χ0) is 12.6. The second-order valence-electron chi connectivity index (χ2n) is 4.81. The number of likely N-dealkylation sites (tertiary alicyclic amines) is 1. The number of nitrogens with zero attached hydrogens (tertiary/aromatic N) is 3. The maximum Gasteiger partial charge on any atom is 0.273 e. The molecule has 0 radical (unpaired) electrons. The third-order valence-electron chi connectivity index (χ3n) is 3.52. The second-order valence-corrected chi connectivity index (χ2v) is 5.66. The highest BCUT2D eigenvalue weighted by Gasteiger charge is 2.32. The molecule has 1 aromatic rings. The molecule has 1 aliphatic heterocycles. The van der Waals surface area contributed by atoms with Crippen molar-refractivity contribution in [3.63, 3.8) is 0 Å². The van der Waals surface area contributed by atoms with Crippen molar-refractivity contribution in [3.05, 3.63) is 16.4 Å². The summed E-state index contributed by atoms with van der Waals surface area (Å²) >= 11 is 3.39. The SMILES string of the molecule is C[C@@H]1CCC[C@H](C)N1C(=O)c1c(Br)cnn1C. The first-order valence-electron chi connectivity index (χ1n) is 6.02. The molecule has 17 heavy (non-hydrogen) atoms. The van der Waals surface area contributed by atoms with Crippen LogP contribution in [0.25, 0.3) is 0 Å². The van der Waals surface area contributed by atoms with Crippen molar-refractivity contribution in [1.82, 2.24) is 14.7 Å². The summed E-state index contributed by atoms with van der Waals surface area (Å²) in [6, 6.07) is 0.626.